The van der Waals surface area contributed by atoms with E-state index < -0.39 is 0 Å². The molecule has 1 aromatic rings. The van der Waals surface area contributed by atoms with Gasteiger partial charge < -0.3 is 0 Å². The Morgan fingerprint density at radius 1 is 1.20 bits per heavy atom. The summed E-state index contributed by atoms with van der Waals surface area (Å²) in [6, 6.07) is 6.69. The number of hydrogen-bond donors (Lipinski definition) is 0. The molecule has 0 spiro atoms. The normalized spacial score (nSPS) is 20.9. The van der Waals surface area contributed by atoms with Crippen LogP contribution in [0.2, 0.25) is 0 Å². The second-order valence-electron chi connectivity index (χ2n) is 4.85. The van der Waals surface area contributed by atoms with Gasteiger partial charge in [-0.2, -0.15) is 0 Å². The Bertz CT molecular complexity index is 359. The van der Waals surface area contributed by atoms with Crippen LogP contribution in [-0.4, -0.2) is 5.78 Å². The number of rotatable bonds is 2. The lowest BCUT2D eigenvalue weighted by Crippen LogP contribution is -2.00. The van der Waals surface area contributed by atoms with Crippen molar-refractivity contribution in [3.05, 3.63) is 34.9 Å². The Kier molecular flexibility index (Phi) is 2.90. The lowest BCUT2D eigenvalue weighted by atomic mass is 9.95. The molecule has 1 heteroatoms. The van der Waals surface area contributed by atoms with Crippen LogP contribution in [0.3, 0.4) is 0 Å². The molecule has 1 fully saturated rings. The van der Waals surface area contributed by atoms with Crippen molar-refractivity contribution in [1.29, 1.82) is 0 Å². The van der Waals surface area contributed by atoms with Crippen molar-refractivity contribution >= 4 is 5.78 Å². The lowest BCUT2D eigenvalue weighted by Gasteiger charge is -2.09. The minimum atomic E-state index is 0.448. The maximum absolute atomic E-state index is 11.2. The molecule has 1 aromatic carbocycles. The molecule has 0 heterocycles. The highest BCUT2D eigenvalue weighted by Crippen LogP contribution is 2.26. The highest BCUT2D eigenvalue weighted by atomic mass is 16.1. The van der Waals surface area contributed by atoms with Crippen LogP contribution in [0.25, 0.3) is 0 Å². The van der Waals surface area contributed by atoms with Gasteiger partial charge in [0.05, 0.1) is 0 Å². The van der Waals surface area contributed by atoms with Crippen molar-refractivity contribution in [2.75, 3.05) is 0 Å². The molecular weight excluding hydrogens is 184 g/mol. The molecule has 1 aliphatic rings. The molecule has 0 N–H and O–H groups in total. The Morgan fingerprint density at radius 3 is 2.40 bits per heavy atom. The van der Waals surface area contributed by atoms with Gasteiger partial charge in [-0.3, -0.25) is 4.79 Å². The van der Waals surface area contributed by atoms with Gasteiger partial charge in [-0.25, -0.2) is 0 Å². The molecule has 1 aliphatic carbocycles. The Morgan fingerprint density at radius 2 is 1.87 bits per heavy atom. The number of carbonyl (C=O) groups excluding carboxylic acids is 1. The number of aryl methyl sites for hydroxylation is 2. The maximum atomic E-state index is 11.2. The van der Waals surface area contributed by atoms with Crippen LogP contribution in [0.5, 0.6) is 0 Å². The second kappa shape index (κ2) is 4.18. The Balaban J connectivity index is 2.07. The van der Waals surface area contributed by atoms with E-state index in [0.717, 1.165) is 25.7 Å². The fourth-order valence-electron chi connectivity index (χ4n) is 2.59. The predicted octanol–water partition coefficient (Wildman–Crippen LogP) is 3.22. The topological polar surface area (TPSA) is 17.1 Å². The Hall–Kier alpha value is -1.11. The summed E-state index contributed by atoms with van der Waals surface area (Å²) < 4.78 is 0. The second-order valence-corrected chi connectivity index (χ2v) is 4.85. The highest BCUT2D eigenvalue weighted by molar-refractivity contribution is 5.80. The molecule has 1 nitrogen and oxygen atoms in total. The largest absolute Gasteiger partial charge is 0.300 e. The van der Waals surface area contributed by atoms with Crippen LogP contribution in [0, 0.1) is 19.8 Å². The van der Waals surface area contributed by atoms with Crippen LogP contribution in [-0.2, 0) is 11.2 Å². The first kappa shape index (κ1) is 10.4. The van der Waals surface area contributed by atoms with Gasteiger partial charge in [-0.15, -0.1) is 0 Å². The zero-order chi connectivity index (χ0) is 10.8. The molecule has 1 atom stereocenters. The fraction of sp³-hybridized carbons (Fsp3) is 0.500. The molecule has 0 aliphatic heterocycles. The van der Waals surface area contributed by atoms with E-state index >= 15 is 0 Å². The first-order chi connectivity index (χ1) is 7.13. The molecule has 0 aromatic heterocycles. The summed E-state index contributed by atoms with van der Waals surface area (Å²) in [4.78, 5) is 11.2. The van der Waals surface area contributed by atoms with Gasteiger partial charge in [0.25, 0.3) is 0 Å². The quantitative estimate of drug-likeness (QED) is 0.719. The van der Waals surface area contributed by atoms with Crippen molar-refractivity contribution < 1.29 is 4.79 Å². The van der Waals surface area contributed by atoms with E-state index in [0.29, 0.717) is 11.7 Å². The smallest absolute Gasteiger partial charge is 0.133 e. The highest BCUT2D eigenvalue weighted by Gasteiger charge is 2.22. The number of carbonyl (C=O) groups is 1. The third-order valence-corrected chi connectivity index (χ3v) is 3.15. The summed E-state index contributed by atoms with van der Waals surface area (Å²) in [5, 5.41) is 0. The summed E-state index contributed by atoms with van der Waals surface area (Å²) in [7, 11) is 0. The summed E-state index contributed by atoms with van der Waals surface area (Å²) in [6.07, 6.45) is 3.77. The zero-order valence-corrected chi connectivity index (χ0v) is 9.55. The standard InChI is InChI=1S/C14H18O/c1-10-5-11(2)7-13(6-10)8-12-3-4-14(15)9-12/h5-7,12H,3-4,8-9H2,1-2H3. The molecule has 0 radical (unpaired) electrons. The van der Waals surface area contributed by atoms with E-state index in [-0.39, 0.29) is 0 Å². The first-order valence-corrected chi connectivity index (χ1v) is 5.72. The average Bonchev–Trinajstić information content (AvgIpc) is 2.49. The van der Waals surface area contributed by atoms with E-state index in [9.17, 15) is 4.79 Å². The van der Waals surface area contributed by atoms with Crippen LogP contribution in [0.4, 0.5) is 0 Å². The molecule has 2 rings (SSSR count). The van der Waals surface area contributed by atoms with Crippen molar-refractivity contribution in [2.24, 2.45) is 5.92 Å². The Labute approximate surface area is 91.5 Å². The molecular formula is C14H18O. The number of Topliss-reactive ketones (excluding diaryl/α,β-unsaturated/α-hetero) is 1. The van der Waals surface area contributed by atoms with Gasteiger partial charge >= 0.3 is 0 Å². The predicted molar refractivity (Wildman–Crippen MR) is 62.0 cm³/mol. The first-order valence-electron chi connectivity index (χ1n) is 5.72. The summed E-state index contributed by atoms with van der Waals surface area (Å²) in [5.41, 5.74) is 4.05. The van der Waals surface area contributed by atoms with E-state index in [1.165, 1.54) is 16.7 Å². The van der Waals surface area contributed by atoms with Gasteiger partial charge in [0, 0.05) is 12.8 Å². The zero-order valence-electron chi connectivity index (χ0n) is 9.55. The SMILES string of the molecule is Cc1cc(C)cc(CC2CCC(=O)C2)c1. The van der Waals surface area contributed by atoms with Crippen molar-refractivity contribution in [1.82, 2.24) is 0 Å². The van der Waals surface area contributed by atoms with Crippen LogP contribution >= 0.6 is 0 Å². The molecule has 80 valence electrons. The lowest BCUT2D eigenvalue weighted by molar-refractivity contribution is -0.117. The van der Waals surface area contributed by atoms with E-state index in [2.05, 4.69) is 32.0 Å². The third-order valence-electron chi connectivity index (χ3n) is 3.15. The van der Waals surface area contributed by atoms with Crippen molar-refractivity contribution in [3.63, 3.8) is 0 Å². The van der Waals surface area contributed by atoms with E-state index in [1.807, 2.05) is 0 Å². The monoisotopic (exact) mass is 202 g/mol. The number of hydrogen-bond acceptors (Lipinski definition) is 1. The number of benzene rings is 1. The average molecular weight is 202 g/mol. The molecule has 1 unspecified atom stereocenters. The minimum Gasteiger partial charge on any atom is -0.300 e. The van der Waals surface area contributed by atoms with Gasteiger partial charge in [-0.05, 0) is 38.2 Å². The molecule has 0 bridgehead atoms. The molecule has 1 saturated carbocycles. The van der Waals surface area contributed by atoms with Crippen LogP contribution in [0.1, 0.15) is 36.0 Å². The summed E-state index contributed by atoms with van der Waals surface area (Å²) >= 11 is 0. The minimum absolute atomic E-state index is 0.448. The van der Waals surface area contributed by atoms with Gasteiger partial charge in [-0.1, -0.05) is 29.3 Å². The number of ketones is 1. The van der Waals surface area contributed by atoms with Gasteiger partial charge in [0.15, 0.2) is 0 Å². The summed E-state index contributed by atoms with van der Waals surface area (Å²) in [5.74, 6) is 1.04. The molecule has 0 amide bonds. The molecule has 0 saturated heterocycles. The van der Waals surface area contributed by atoms with E-state index in [4.69, 9.17) is 0 Å². The van der Waals surface area contributed by atoms with Crippen LogP contribution in [0.15, 0.2) is 18.2 Å². The van der Waals surface area contributed by atoms with Gasteiger partial charge in [0.1, 0.15) is 5.78 Å². The van der Waals surface area contributed by atoms with Gasteiger partial charge in [0.2, 0.25) is 0 Å². The molecule has 15 heavy (non-hydrogen) atoms. The maximum Gasteiger partial charge on any atom is 0.133 e. The third kappa shape index (κ3) is 2.68. The van der Waals surface area contributed by atoms with Crippen molar-refractivity contribution in [2.45, 2.75) is 39.5 Å². The van der Waals surface area contributed by atoms with Crippen molar-refractivity contribution in [3.8, 4) is 0 Å². The van der Waals surface area contributed by atoms with E-state index in [1.54, 1.807) is 0 Å². The van der Waals surface area contributed by atoms with Crippen LogP contribution < -0.4 is 0 Å². The summed E-state index contributed by atoms with van der Waals surface area (Å²) in [6.45, 7) is 4.27. The fourth-order valence-corrected chi connectivity index (χ4v) is 2.59.